The molecule has 1 aromatic heterocycles. The molecule has 1 aliphatic rings. The van der Waals surface area contributed by atoms with Crippen LogP contribution in [0.25, 0.3) is 10.3 Å². The lowest BCUT2D eigenvalue weighted by molar-refractivity contribution is 0.407. The van der Waals surface area contributed by atoms with Crippen molar-refractivity contribution >= 4 is 21.6 Å². The molecule has 0 amide bonds. The van der Waals surface area contributed by atoms with E-state index in [9.17, 15) is 4.79 Å². The first-order chi connectivity index (χ1) is 8.28. The molecule has 1 aromatic carbocycles. The zero-order valence-electron chi connectivity index (χ0n) is 9.49. The van der Waals surface area contributed by atoms with Crippen LogP contribution in [-0.2, 0) is 0 Å². The van der Waals surface area contributed by atoms with Crippen LogP contribution in [0.5, 0.6) is 5.75 Å². The van der Waals surface area contributed by atoms with Crippen molar-refractivity contribution in [1.82, 2.24) is 5.32 Å². The Hall–Kier alpha value is -1.33. The molecule has 4 nitrogen and oxygen atoms in total. The highest BCUT2D eigenvalue weighted by molar-refractivity contribution is 7.16. The van der Waals surface area contributed by atoms with Crippen LogP contribution in [0.15, 0.2) is 21.3 Å². The minimum absolute atomic E-state index is 0.283. The first-order valence-corrected chi connectivity index (χ1v) is 6.44. The molecule has 17 heavy (non-hydrogen) atoms. The van der Waals surface area contributed by atoms with Crippen molar-refractivity contribution in [2.75, 3.05) is 13.7 Å². The lowest BCUT2D eigenvalue weighted by Gasteiger charge is -2.11. The van der Waals surface area contributed by atoms with Crippen LogP contribution >= 0.6 is 11.3 Å². The van der Waals surface area contributed by atoms with Crippen LogP contribution in [0, 0.1) is 0 Å². The van der Waals surface area contributed by atoms with Gasteiger partial charge in [-0.2, -0.15) is 0 Å². The van der Waals surface area contributed by atoms with Crippen LogP contribution < -0.4 is 15.0 Å². The quantitative estimate of drug-likeness (QED) is 0.889. The topological polar surface area (TPSA) is 51.5 Å². The van der Waals surface area contributed by atoms with Gasteiger partial charge in [-0.1, -0.05) is 11.3 Å². The predicted octanol–water partition coefficient (Wildman–Crippen LogP) is 2.29. The van der Waals surface area contributed by atoms with E-state index in [0.717, 1.165) is 29.0 Å². The van der Waals surface area contributed by atoms with Crippen molar-refractivity contribution in [2.24, 2.45) is 0 Å². The van der Waals surface area contributed by atoms with Crippen molar-refractivity contribution in [1.29, 1.82) is 0 Å². The van der Waals surface area contributed by atoms with Gasteiger partial charge in [0.05, 0.1) is 11.8 Å². The van der Waals surface area contributed by atoms with Gasteiger partial charge in [-0.3, -0.25) is 0 Å². The molecule has 0 bridgehead atoms. The van der Waals surface area contributed by atoms with Crippen LogP contribution in [-0.4, -0.2) is 13.7 Å². The Morgan fingerprint density at radius 3 is 3.12 bits per heavy atom. The summed E-state index contributed by atoms with van der Waals surface area (Å²) in [5, 5.41) is 3.44. The van der Waals surface area contributed by atoms with Crippen LogP contribution in [0.3, 0.4) is 0 Å². The van der Waals surface area contributed by atoms with Gasteiger partial charge in [0.25, 0.3) is 0 Å². The Morgan fingerprint density at radius 1 is 1.53 bits per heavy atom. The molecule has 0 spiro atoms. The highest BCUT2D eigenvalue weighted by Gasteiger charge is 2.19. The molecule has 2 heterocycles. The van der Waals surface area contributed by atoms with Crippen molar-refractivity contribution < 1.29 is 9.15 Å². The molecule has 1 aliphatic heterocycles. The molecule has 5 heteroatoms. The largest absolute Gasteiger partial charge is 0.493 e. The van der Waals surface area contributed by atoms with Gasteiger partial charge < -0.3 is 14.5 Å². The third kappa shape index (κ3) is 1.85. The van der Waals surface area contributed by atoms with Crippen molar-refractivity contribution in [3.63, 3.8) is 0 Å². The van der Waals surface area contributed by atoms with Crippen molar-refractivity contribution in [3.05, 3.63) is 27.4 Å². The first kappa shape index (κ1) is 10.8. The summed E-state index contributed by atoms with van der Waals surface area (Å²) in [6, 6.07) is 4.35. The highest BCUT2D eigenvalue weighted by atomic mass is 32.1. The summed E-state index contributed by atoms with van der Waals surface area (Å²) >= 11 is 1.12. The number of fused-ring (bicyclic) bond motifs is 1. The molecule has 1 saturated heterocycles. The lowest BCUT2D eigenvalue weighted by Crippen LogP contribution is -2.12. The maximum atomic E-state index is 11.3. The average molecular weight is 251 g/mol. The van der Waals surface area contributed by atoms with Gasteiger partial charge in [-0.15, -0.1) is 0 Å². The fourth-order valence-corrected chi connectivity index (χ4v) is 3.02. The Labute approximate surface area is 102 Å². The molecule has 0 aliphatic carbocycles. The maximum absolute atomic E-state index is 11.3. The molecular weight excluding hydrogens is 238 g/mol. The number of hydrogen-bond acceptors (Lipinski definition) is 5. The van der Waals surface area contributed by atoms with Gasteiger partial charge in [-0.25, -0.2) is 4.79 Å². The van der Waals surface area contributed by atoms with Crippen molar-refractivity contribution in [2.45, 2.75) is 18.9 Å². The van der Waals surface area contributed by atoms with E-state index in [0.29, 0.717) is 17.4 Å². The summed E-state index contributed by atoms with van der Waals surface area (Å²) < 4.78 is 11.3. The maximum Gasteiger partial charge on any atom is 0.396 e. The molecule has 2 aromatic rings. The summed E-state index contributed by atoms with van der Waals surface area (Å²) in [5.41, 5.74) is 1.73. The zero-order valence-corrected chi connectivity index (χ0v) is 10.3. The smallest absolute Gasteiger partial charge is 0.396 e. The predicted molar refractivity (Wildman–Crippen MR) is 66.9 cm³/mol. The summed E-state index contributed by atoms with van der Waals surface area (Å²) in [7, 11) is 1.60. The summed E-state index contributed by atoms with van der Waals surface area (Å²) in [4.78, 5) is 11.0. The van der Waals surface area contributed by atoms with E-state index in [1.165, 1.54) is 12.0 Å². The van der Waals surface area contributed by atoms with Crippen LogP contribution in [0.4, 0.5) is 0 Å². The Kier molecular flexibility index (Phi) is 2.64. The summed E-state index contributed by atoms with van der Waals surface area (Å²) in [5.74, 6) is 0.643. The average Bonchev–Trinajstić information content (AvgIpc) is 2.94. The number of methoxy groups -OCH3 is 1. The monoisotopic (exact) mass is 251 g/mol. The minimum Gasteiger partial charge on any atom is -0.493 e. The number of ether oxygens (including phenoxy) is 1. The summed E-state index contributed by atoms with van der Waals surface area (Å²) in [6.45, 7) is 1.05. The van der Waals surface area contributed by atoms with Gasteiger partial charge in [0.1, 0.15) is 0 Å². The molecule has 1 atom stereocenters. The molecule has 1 N–H and O–H groups in total. The van der Waals surface area contributed by atoms with E-state index in [1.54, 1.807) is 7.11 Å². The number of nitrogens with one attached hydrogen (secondary N) is 1. The van der Waals surface area contributed by atoms with Gasteiger partial charge in [0.2, 0.25) is 0 Å². The van der Waals surface area contributed by atoms with E-state index < -0.39 is 0 Å². The lowest BCUT2D eigenvalue weighted by atomic mass is 10.1. The minimum atomic E-state index is -0.283. The summed E-state index contributed by atoms with van der Waals surface area (Å²) in [6.07, 6.45) is 2.31. The fraction of sp³-hybridized carbons (Fsp3) is 0.417. The molecular formula is C12H13NO3S. The van der Waals surface area contributed by atoms with Gasteiger partial charge in [0.15, 0.2) is 11.3 Å². The van der Waals surface area contributed by atoms with E-state index in [4.69, 9.17) is 9.15 Å². The van der Waals surface area contributed by atoms with Crippen LogP contribution in [0.1, 0.15) is 24.4 Å². The second kappa shape index (κ2) is 4.16. The van der Waals surface area contributed by atoms with Gasteiger partial charge in [0, 0.05) is 6.04 Å². The molecule has 0 radical (unpaired) electrons. The molecule has 90 valence electrons. The van der Waals surface area contributed by atoms with E-state index >= 15 is 0 Å². The number of benzene rings is 1. The molecule has 0 saturated carbocycles. The van der Waals surface area contributed by atoms with E-state index in [-0.39, 0.29) is 4.94 Å². The fourth-order valence-electron chi connectivity index (χ4n) is 2.29. The standard InChI is InChI=1S/C12H13NO3S/c1-15-9-5-7(8-3-2-4-13-8)6-10-11(9)16-12(14)17-10/h5-6,8,13H,2-4H2,1H3. The second-order valence-electron chi connectivity index (χ2n) is 4.15. The molecule has 3 rings (SSSR count). The normalized spacial score (nSPS) is 19.9. The van der Waals surface area contributed by atoms with Gasteiger partial charge >= 0.3 is 4.94 Å². The third-order valence-corrected chi connectivity index (χ3v) is 3.88. The first-order valence-electron chi connectivity index (χ1n) is 5.63. The highest BCUT2D eigenvalue weighted by Crippen LogP contribution is 2.33. The molecule has 1 unspecified atom stereocenters. The Balaban J connectivity index is 2.16. The van der Waals surface area contributed by atoms with Crippen molar-refractivity contribution in [3.8, 4) is 5.75 Å². The Bertz CT molecular complexity index is 595. The Morgan fingerprint density at radius 2 is 2.41 bits per heavy atom. The number of hydrogen-bond donors (Lipinski definition) is 1. The van der Waals surface area contributed by atoms with Crippen LogP contribution in [0.2, 0.25) is 0 Å². The van der Waals surface area contributed by atoms with Gasteiger partial charge in [-0.05, 0) is 37.1 Å². The zero-order chi connectivity index (χ0) is 11.8. The molecule has 1 fully saturated rings. The second-order valence-corrected chi connectivity index (χ2v) is 5.13. The third-order valence-electron chi connectivity index (χ3n) is 3.10. The number of rotatable bonds is 2. The van der Waals surface area contributed by atoms with E-state index in [1.807, 2.05) is 12.1 Å². The van der Waals surface area contributed by atoms with E-state index in [2.05, 4.69) is 5.32 Å². The SMILES string of the molecule is COc1cc(C2CCCN2)cc2sc(=O)oc12.